The van der Waals surface area contributed by atoms with Crippen molar-refractivity contribution in [2.75, 3.05) is 31.5 Å². The molecule has 1 unspecified atom stereocenters. The summed E-state index contributed by atoms with van der Waals surface area (Å²) in [6, 6.07) is 25.0. The van der Waals surface area contributed by atoms with E-state index in [1.165, 1.54) is 11.0 Å². The van der Waals surface area contributed by atoms with Crippen LogP contribution in [0.4, 0.5) is 10.1 Å². The summed E-state index contributed by atoms with van der Waals surface area (Å²) in [5.74, 6) is -2.22. The van der Waals surface area contributed by atoms with Crippen LogP contribution in [0.3, 0.4) is 0 Å². The van der Waals surface area contributed by atoms with Gasteiger partial charge in [-0.25, -0.2) is 4.39 Å². The molecule has 0 aromatic heterocycles. The van der Waals surface area contributed by atoms with Gasteiger partial charge in [0.05, 0.1) is 11.6 Å². The fraction of sp³-hybridized carbons (Fsp3) is 0.185. The van der Waals surface area contributed by atoms with Gasteiger partial charge in [-0.3, -0.25) is 14.4 Å². The van der Waals surface area contributed by atoms with Gasteiger partial charge in [0.25, 0.3) is 23.9 Å². The number of nitrogens with zero attached hydrogens (tertiary/aromatic N) is 3. The Morgan fingerprint density at radius 1 is 0.829 bits per heavy atom. The minimum absolute atomic E-state index is 0.113. The molecule has 0 aliphatic carbocycles. The summed E-state index contributed by atoms with van der Waals surface area (Å²) in [7, 11) is 0. The second kappa shape index (κ2) is 10.6. The average Bonchev–Trinajstić information content (AvgIpc) is 2.92. The van der Waals surface area contributed by atoms with Gasteiger partial charge in [-0.2, -0.15) is 5.26 Å². The molecule has 0 spiro atoms. The quantitative estimate of drug-likeness (QED) is 0.578. The third-order valence-corrected chi connectivity index (χ3v) is 5.82. The Morgan fingerprint density at radius 2 is 1.46 bits per heavy atom. The standard InChI is InChI=1S/C27H23FN4O3/c28-24(25(33)30-23-11-9-21(10-12-23)20-6-2-1-3-7-20)27(35)32-15-13-31(14-16-32)26(34)22-8-4-5-19(17-22)18-29/h1-12,17,24H,13-16H2,(H,30,33). The maximum atomic E-state index is 14.7. The molecular formula is C27H23FN4O3. The molecule has 1 heterocycles. The van der Waals surface area contributed by atoms with E-state index in [1.54, 1.807) is 35.2 Å². The molecule has 3 aromatic rings. The molecule has 0 saturated carbocycles. The van der Waals surface area contributed by atoms with Crippen LogP contribution in [0.2, 0.25) is 0 Å². The lowest BCUT2D eigenvalue weighted by molar-refractivity contribution is -0.142. The van der Waals surface area contributed by atoms with Crippen molar-refractivity contribution < 1.29 is 18.8 Å². The first-order chi connectivity index (χ1) is 17.0. The third-order valence-electron chi connectivity index (χ3n) is 5.82. The summed E-state index contributed by atoms with van der Waals surface area (Å²) in [5, 5.41) is 11.5. The van der Waals surface area contributed by atoms with E-state index in [1.807, 2.05) is 48.5 Å². The predicted octanol–water partition coefficient (Wildman–Crippen LogP) is 3.49. The molecule has 1 saturated heterocycles. The first-order valence-electron chi connectivity index (χ1n) is 11.1. The van der Waals surface area contributed by atoms with Gasteiger partial charge in [-0.05, 0) is 41.5 Å². The van der Waals surface area contributed by atoms with Crippen LogP contribution in [-0.4, -0.2) is 59.9 Å². The van der Waals surface area contributed by atoms with Gasteiger partial charge in [0.15, 0.2) is 0 Å². The molecule has 1 aliphatic heterocycles. The van der Waals surface area contributed by atoms with Crippen molar-refractivity contribution in [1.82, 2.24) is 9.80 Å². The lowest BCUT2D eigenvalue weighted by Crippen LogP contribution is -2.53. The first-order valence-corrected chi connectivity index (χ1v) is 11.1. The van der Waals surface area contributed by atoms with Gasteiger partial charge in [0.2, 0.25) is 0 Å². The average molecular weight is 471 g/mol. The second-order valence-electron chi connectivity index (χ2n) is 8.11. The molecule has 8 heteroatoms. The molecule has 176 valence electrons. The molecule has 1 N–H and O–H groups in total. The normalized spacial score (nSPS) is 14.1. The van der Waals surface area contributed by atoms with E-state index in [4.69, 9.17) is 5.26 Å². The van der Waals surface area contributed by atoms with Crippen LogP contribution >= 0.6 is 0 Å². The number of hydrogen-bond donors (Lipinski definition) is 1. The van der Waals surface area contributed by atoms with Crippen LogP contribution in [-0.2, 0) is 9.59 Å². The Morgan fingerprint density at radius 3 is 2.11 bits per heavy atom. The minimum atomic E-state index is -2.35. The predicted molar refractivity (Wildman–Crippen MR) is 129 cm³/mol. The van der Waals surface area contributed by atoms with Crippen molar-refractivity contribution in [3.05, 3.63) is 90.0 Å². The van der Waals surface area contributed by atoms with Gasteiger partial charge in [0, 0.05) is 37.4 Å². The smallest absolute Gasteiger partial charge is 0.268 e. The zero-order chi connectivity index (χ0) is 24.8. The number of carbonyl (C=O) groups is 3. The maximum absolute atomic E-state index is 14.7. The van der Waals surface area contributed by atoms with Crippen molar-refractivity contribution in [3.63, 3.8) is 0 Å². The Hall–Kier alpha value is -4.51. The molecule has 1 atom stereocenters. The van der Waals surface area contributed by atoms with E-state index >= 15 is 0 Å². The molecule has 35 heavy (non-hydrogen) atoms. The van der Waals surface area contributed by atoms with Crippen molar-refractivity contribution in [1.29, 1.82) is 5.26 Å². The Balaban J connectivity index is 1.30. The fourth-order valence-corrected chi connectivity index (χ4v) is 3.89. The second-order valence-corrected chi connectivity index (χ2v) is 8.11. The van der Waals surface area contributed by atoms with Gasteiger partial charge >= 0.3 is 0 Å². The number of rotatable bonds is 5. The van der Waals surface area contributed by atoms with Gasteiger partial charge < -0.3 is 15.1 Å². The van der Waals surface area contributed by atoms with E-state index in [9.17, 15) is 18.8 Å². The molecule has 0 radical (unpaired) electrons. The fourth-order valence-electron chi connectivity index (χ4n) is 3.89. The van der Waals surface area contributed by atoms with E-state index in [2.05, 4.69) is 5.32 Å². The highest BCUT2D eigenvalue weighted by Crippen LogP contribution is 2.21. The summed E-state index contributed by atoms with van der Waals surface area (Å²) in [5.41, 5.74) is 3.11. The summed E-state index contributed by atoms with van der Waals surface area (Å²) >= 11 is 0. The minimum Gasteiger partial charge on any atom is -0.336 e. The summed E-state index contributed by atoms with van der Waals surface area (Å²) in [4.78, 5) is 40.4. The number of alkyl halides is 1. The number of anilines is 1. The zero-order valence-electron chi connectivity index (χ0n) is 18.9. The number of carbonyl (C=O) groups excluding carboxylic acids is 3. The van der Waals surface area contributed by atoms with Crippen LogP contribution in [0, 0.1) is 11.3 Å². The Bertz CT molecular complexity index is 1260. The number of nitriles is 1. The SMILES string of the molecule is N#Cc1cccc(C(=O)N2CCN(C(=O)C(F)C(=O)Nc3ccc(-c4ccccc4)cc3)CC2)c1. The van der Waals surface area contributed by atoms with E-state index in [0.717, 1.165) is 11.1 Å². The topological polar surface area (TPSA) is 93.5 Å². The van der Waals surface area contributed by atoms with E-state index in [-0.39, 0.29) is 32.1 Å². The third kappa shape index (κ3) is 5.53. The van der Waals surface area contributed by atoms with Gasteiger partial charge in [0.1, 0.15) is 0 Å². The number of amides is 3. The molecule has 4 rings (SSSR count). The maximum Gasteiger partial charge on any atom is 0.268 e. The Kier molecular flexibility index (Phi) is 7.17. The summed E-state index contributed by atoms with van der Waals surface area (Å²) < 4.78 is 14.7. The molecule has 0 bridgehead atoms. The van der Waals surface area contributed by atoms with Crippen LogP contribution < -0.4 is 5.32 Å². The number of benzene rings is 3. The van der Waals surface area contributed by atoms with Crippen LogP contribution in [0.25, 0.3) is 11.1 Å². The molecular weight excluding hydrogens is 447 g/mol. The van der Waals surface area contributed by atoms with Crippen molar-refractivity contribution >= 4 is 23.4 Å². The van der Waals surface area contributed by atoms with Crippen molar-refractivity contribution in [2.24, 2.45) is 0 Å². The number of hydrogen-bond acceptors (Lipinski definition) is 4. The molecule has 1 aliphatic rings. The van der Waals surface area contributed by atoms with Gasteiger partial charge in [-0.15, -0.1) is 0 Å². The highest BCUT2D eigenvalue weighted by molar-refractivity contribution is 6.09. The number of halogens is 1. The number of nitrogens with one attached hydrogen (secondary N) is 1. The van der Waals surface area contributed by atoms with E-state index < -0.39 is 18.0 Å². The molecule has 1 fully saturated rings. The first kappa shape index (κ1) is 23.6. The van der Waals surface area contributed by atoms with Crippen LogP contribution in [0.1, 0.15) is 15.9 Å². The van der Waals surface area contributed by atoms with E-state index in [0.29, 0.717) is 16.8 Å². The van der Waals surface area contributed by atoms with Crippen LogP contribution in [0.15, 0.2) is 78.9 Å². The van der Waals surface area contributed by atoms with Gasteiger partial charge in [-0.1, -0.05) is 48.5 Å². The number of piperazine rings is 1. The highest BCUT2D eigenvalue weighted by Gasteiger charge is 2.33. The highest BCUT2D eigenvalue weighted by atomic mass is 19.1. The summed E-state index contributed by atoms with van der Waals surface area (Å²) in [6.07, 6.45) is -2.35. The monoisotopic (exact) mass is 470 g/mol. The molecule has 3 amide bonds. The lowest BCUT2D eigenvalue weighted by atomic mass is 10.1. The zero-order valence-corrected chi connectivity index (χ0v) is 18.9. The molecule has 3 aromatic carbocycles. The Labute approximate surface area is 202 Å². The summed E-state index contributed by atoms with van der Waals surface area (Å²) in [6.45, 7) is 0.636. The van der Waals surface area contributed by atoms with Crippen LogP contribution in [0.5, 0.6) is 0 Å². The van der Waals surface area contributed by atoms with Crippen molar-refractivity contribution in [3.8, 4) is 17.2 Å². The lowest BCUT2D eigenvalue weighted by Gasteiger charge is -2.35. The van der Waals surface area contributed by atoms with Crippen molar-refractivity contribution in [2.45, 2.75) is 6.17 Å². The largest absolute Gasteiger partial charge is 0.336 e. The molecule has 7 nitrogen and oxygen atoms in total.